The van der Waals surface area contributed by atoms with E-state index in [0.717, 1.165) is 30.9 Å². The van der Waals surface area contributed by atoms with Gasteiger partial charge in [0.1, 0.15) is 11.8 Å². The summed E-state index contributed by atoms with van der Waals surface area (Å²) >= 11 is 0. The summed E-state index contributed by atoms with van der Waals surface area (Å²) in [4.78, 5) is 18.6. The molecule has 1 N–H and O–H groups in total. The quantitative estimate of drug-likeness (QED) is 0.882. The van der Waals surface area contributed by atoms with Crippen molar-refractivity contribution in [2.45, 2.75) is 19.4 Å². The molecule has 0 radical (unpaired) electrons. The first kappa shape index (κ1) is 16.4. The van der Waals surface area contributed by atoms with Gasteiger partial charge in [-0.3, -0.25) is 4.79 Å². The van der Waals surface area contributed by atoms with Gasteiger partial charge in [0, 0.05) is 32.0 Å². The monoisotopic (exact) mass is 328 g/mol. The Balaban J connectivity index is 1.52. The van der Waals surface area contributed by atoms with Crippen LogP contribution in [0.1, 0.15) is 19.4 Å². The number of ether oxygens (including phenoxy) is 1. The molecule has 1 fully saturated rings. The summed E-state index contributed by atoms with van der Waals surface area (Å²) in [5, 5.41) is 3.07. The Labute approximate surface area is 142 Å². The molecular weight excluding hydrogens is 304 g/mol. The van der Waals surface area contributed by atoms with Gasteiger partial charge in [0.25, 0.3) is 0 Å². The number of aromatic nitrogens is 2. The van der Waals surface area contributed by atoms with Gasteiger partial charge in [-0.2, -0.15) is 0 Å². The van der Waals surface area contributed by atoms with Crippen LogP contribution < -0.4 is 15.0 Å². The van der Waals surface area contributed by atoms with Gasteiger partial charge in [-0.05, 0) is 31.4 Å². The van der Waals surface area contributed by atoms with Gasteiger partial charge in [0.05, 0.1) is 19.1 Å². The zero-order valence-corrected chi connectivity index (χ0v) is 14.2. The third kappa shape index (κ3) is 3.53. The summed E-state index contributed by atoms with van der Waals surface area (Å²) < 4.78 is 7.25. The number of carbonyl (C=O) groups is 1. The molecule has 0 spiro atoms. The Kier molecular flexibility index (Phi) is 5.03. The van der Waals surface area contributed by atoms with Crippen molar-refractivity contribution in [2.24, 2.45) is 5.92 Å². The molecule has 24 heavy (non-hydrogen) atoms. The summed E-state index contributed by atoms with van der Waals surface area (Å²) in [5.41, 5.74) is 1.13. The molecular formula is C18H24N4O2. The number of nitrogens with zero attached hydrogens (tertiary/aromatic N) is 3. The molecule has 6 heteroatoms. The van der Waals surface area contributed by atoms with E-state index in [0.29, 0.717) is 12.5 Å². The lowest BCUT2D eigenvalue weighted by atomic mass is 10.1. The number of nitrogens with one attached hydrogen (secondary N) is 1. The lowest BCUT2D eigenvalue weighted by Gasteiger charge is -2.21. The van der Waals surface area contributed by atoms with Gasteiger partial charge in [-0.15, -0.1) is 0 Å². The van der Waals surface area contributed by atoms with Crippen LogP contribution >= 0.6 is 0 Å². The van der Waals surface area contributed by atoms with E-state index in [2.05, 4.69) is 21.3 Å². The van der Waals surface area contributed by atoms with Crippen molar-refractivity contribution in [3.05, 3.63) is 43.0 Å². The maximum atomic E-state index is 12.3. The topological polar surface area (TPSA) is 59.4 Å². The Bertz CT molecular complexity index is 671. The molecule has 1 saturated heterocycles. The largest absolute Gasteiger partial charge is 0.495 e. The van der Waals surface area contributed by atoms with E-state index >= 15 is 0 Å². The van der Waals surface area contributed by atoms with Crippen LogP contribution in [-0.4, -0.2) is 42.2 Å². The van der Waals surface area contributed by atoms with Gasteiger partial charge in [0.15, 0.2) is 0 Å². The van der Waals surface area contributed by atoms with Crippen LogP contribution in [-0.2, 0) is 4.79 Å². The first-order valence-electron chi connectivity index (χ1n) is 8.32. The van der Waals surface area contributed by atoms with E-state index in [1.807, 2.05) is 35.9 Å². The number of carbonyl (C=O) groups excluding carboxylic acids is 1. The Hall–Kier alpha value is -2.50. The van der Waals surface area contributed by atoms with Gasteiger partial charge >= 0.3 is 0 Å². The maximum Gasteiger partial charge on any atom is 0.242 e. The molecule has 1 amide bonds. The van der Waals surface area contributed by atoms with Gasteiger partial charge in [-0.1, -0.05) is 12.1 Å². The Morgan fingerprint density at radius 2 is 2.29 bits per heavy atom. The third-order valence-corrected chi connectivity index (χ3v) is 4.63. The number of hydrogen-bond acceptors (Lipinski definition) is 4. The van der Waals surface area contributed by atoms with Gasteiger partial charge < -0.3 is 19.5 Å². The van der Waals surface area contributed by atoms with E-state index < -0.39 is 0 Å². The van der Waals surface area contributed by atoms with Crippen LogP contribution in [0.15, 0.2) is 43.0 Å². The molecule has 3 rings (SSSR count). The lowest BCUT2D eigenvalue weighted by molar-refractivity contribution is -0.124. The smallest absolute Gasteiger partial charge is 0.242 e. The third-order valence-electron chi connectivity index (χ3n) is 4.63. The first-order valence-corrected chi connectivity index (χ1v) is 8.32. The van der Waals surface area contributed by atoms with Crippen molar-refractivity contribution >= 4 is 11.6 Å². The molecule has 1 aliphatic rings. The average Bonchev–Trinajstić information content (AvgIpc) is 3.30. The van der Waals surface area contributed by atoms with Crippen LogP contribution in [0.4, 0.5) is 5.69 Å². The van der Waals surface area contributed by atoms with E-state index in [4.69, 9.17) is 4.74 Å². The molecule has 1 aromatic heterocycles. The molecule has 1 aliphatic heterocycles. The molecule has 2 heterocycles. The molecule has 128 valence electrons. The molecule has 0 saturated carbocycles. The summed E-state index contributed by atoms with van der Waals surface area (Å²) in [6, 6.07) is 7.84. The fourth-order valence-corrected chi connectivity index (χ4v) is 3.14. The number of amides is 1. The number of para-hydroxylation sites is 2. The van der Waals surface area contributed by atoms with Crippen molar-refractivity contribution in [2.75, 3.05) is 31.6 Å². The van der Waals surface area contributed by atoms with E-state index in [9.17, 15) is 4.79 Å². The van der Waals surface area contributed by atoms with E-state index in [1.165, 1.54) is 0 Å². The molecule has 0 bridgehead atoms. The number of imidazole rings is 1. The second-order valence-electron chi connectivity index (χ2n) is 6.20. The van der Waals surface area contributed by atoms with Crippen molar-refractivity contribution in [1.82, 2.24) is 14.9 Å². The highest BCUT2D eigenvalue weighted by molar-refractivity contribution is 5.79. The zero-order valence-electron chi connectivity index (χ0n) is 14.2. The highest BCUT2D eigenvalue weighted by atomic mass is 16.5. The summed E-state index contributed by atoms with van der Waals surface area (Å²) in [7, 11) is 1.70. The normalized spacial score (nSPS) is 18.4. The van der Waals surface area contributed by atoms with Gasteiger partial charge in [0.2, 0.25) is 5.91 Å². The summed E-state index contributed by atoms with van der Waals surface area (Å²) in [6.07, 6.45) is 6.23. The molecule has 6 nitrogen and oxygen atoms in total. The lowest BCUT2D eigenvalue weighted by Crippen LogP contribution is -2.35. The standard InChI is InChI=1S/C18H24N4O2/c1-14(22-10-8-19-13-22)18(23)20-11-15-7-9-21(12-15)16-5-3-4-6-17(16)24-2/h3-6,8,10,13-15H,7,9,11-12H2,1-2H3,(H,20,23)/t14-,15-/m0/s1. The summed E-state index contributed by atoms with van der Waals surface area (Å²) in [6.45, 7) is 4.49. The number of methoxy groups -OCH3 is 1. The van der Waals surface area contributed by atoms with Crippen LogP contribution in [0.5, 0.6) is 5.75 Å². The highest BCUT2D eigenvalue weighted by Gasteiger charge is 2.25. The predicted octanol–water partition coefficient (Wildman–Crippen LogP) is 2.10. The van der Waals surface area contributed by atoms with Crippen LogP contribution in [0.3, 0.4) is 0 Å². The summed E-state index contributed by atoms with van der Waals surface area (Å²) in [5.74, 6) is 1.38. The minimum atomic E-state index is -0.237. The highest BCUT2D eigenvalue weighted by Crippen LogP contribution is 2.31. The number of rotatable bonds is 6. The first-order chi connectivity index (χ1) is 11.7. The fraction of sp³-hybridized carbons (Fsp3) is 0.444. The maximum absolute atomic E-state index is 12.3. The molecule has 2 atom stereocenters. The SMILES string of the molecule is COc1ccccc1N1CC[C@@H](CNC(=O)[C@H](C)n2ccnc2)C1. The van der Waals surface area contributed by atoms with E-state index in [1.54, 1.807) is 19.6 Å². The van der Waals surface area contributed by atoms with Crippen molar-refractivity contribution in [3.8, 4) is 5.75 Å². The van der Waals surface area contributed by atoms with Crippen LogP contribution in [0, 0.1) is 5.92 Å². The Morgan fingerprint density at radius 3 is 3.04 bits per heavy atom. The van der Waals surface area contributed by atoms with E-state index in [-0.39, 0.29) is 11.9 Å². The van der Waals surface area contributed by atoms with Crippen LogP contribution in [0.2, 0.25) is 0 Å². The second kappa shape index (κ2) is 7.38. The molecule has 0 unspecified atom stereocenters. The van der Waals surface area contributed by atoms with Crippen molar-refractivity contribution in [1.29, 1.82) is 0 Å². The van der Waals surface area contributed by atoms with Crippen molar-refractivity contribution in [3.63, 3.8) is 0 Å². The number of hydrogen-bond donors (Lipinski definition) is 1. The van der Waals surface area contributed by atoms with Crippen molar-refractivity contribution < 1.29 is 9.53 Å². The molecule has 2 aromatic rings. The minimum absolute atomic E-state index is 0.0312. The second-order valence-corrected chi connectivity index (χ2v) is 6.20. The number of anilines is 1. The Morgan fingerprint density at radius 1 is 1.46 bits per heavy atom. The minimum Gasteiger partial charge on any atom is -0.495 e. The predicted molar refractivity (Wildman–Crippen MR) is 93.3 cm³/mol. The van der Waals surface area contributed by atoms with Crippen LogP contribution in [0.25, 0.3) is 0 Å². The fourth-order valence-electron chi connectivity index (χ4n) is 3.14. The average molecular weight is 328 g/mol. The number of benzene rings is 1. The molecule has 1 aromatic carbocycles. The molecule has 0 aliphatic carbocycles. The zero-order chi connectivity index (χ0) is 16.9. The van der Waals surface area contributed by atoms with Gasteiger partial charge in [-0.25, -0.2) is 4.98 Å².